The van der Waals surface area contributed by atoms with E-state index in [1.165, 1.54) is 58.9 Å². The van der Waals surface area contributed by atoms with Crippen molar-refractivity contribution >= 4 is 116 Å². The van der Waals surface area contributed by atoms with Crippen molar-refractivity contribution < 1.29 is 96.5 Å². The Morgan fingerprint density at radius 2 is 1.27 bits per heavy atom. The number of carboxylic acids is 1. The number of nitrogens with two attached hydrogens (primary N) is 3. The largest absolute Gasteiger partial charge is 0.481 e. The number of nitrogen functional groups attached to an aromatic ring is 1. The minimum Gasteiger partial charge on any atom is -0.481 e. The second-order valence-electron chi connectivity index (χ2n) is 25.1. The summed E-state index contributed by atoms with van der Waals surface area (Å²) in [5.41, 5.74) is 18.6. The van der Waals surface area contributed by atoms with Gasteiger partial charge in [-0.1, -0.05) is 58.0 Å². The first-order valence-corrected chi connectivity index (χ1v) is 32.6. The number of carboxylic acid groups (broad SMARTS) is 1. The van der Waals surface area contributed by atoms with Gasteiger partial charge in [0.1, 0.15) is 41.8 Å². The quantitative estimate of drug-likeness (QED) is 0.0267. The summed E-state index contributed by atoms with van der Waals surface area (Å²) in [4.78, 5) is 236. The molecule has 540 valence electrons. The number of hydrogen-bond acceptors (Lipinski definition) is 21. The summed E-state index contributed by atoms with van der Waals surface area (Å²) in [5, 5.41) is 40.2. The summed E-state index contributed by atoms with van der Waals surface area (Å²) >= 11 is 0. The van der Waals surface area contributed by atoms with Gasteiger partial charge in [0, 0.05) is 97.0 Å². The Bertz CT molecular complexity index is 3500. The lowest BCUT2D eigenvalue weighted by atomic mass is 9.84. The first kappa shape index (κ1) is 81.3. The Hall–Kier alpha value is -10.1. The van der Waals surface area contributed by atoms with Crippen molar-refractivity contribution in [1.29, 1.82) is 0 Å². The van der Waals surface area contributed by atoms with Gasteiger partial charge >= 0.3 is 11.9 Å². The van der Waals surface area contributed by atoms with Crippen LogP contribution in [0.1, 0.15) is 135 Å². The minimum atomic E-state index is -2.01. The lowest BCUT2D eigenvalue weighted by Gasteiger charge is -2.28. The van der Waals surface area contributed by atoms with Gasteiger partial charge in [0.2, 0.25) is 53.2 Å². The van der Waals surface area contributed by atoms with Gasteiger partial charge in [0.05, 0.1) is 50.5 Å². The second-order valence-corrected chi connectivity index (χ2v) is 25.1. The van der Waals surface area contributed by atoms with Crippen LogP contribution in [0.4, 0.5) is 5.69 Å². The molecule has 1 aliphatic rings. The first-order chi connectivity index (χ1) is 46.7. The number of aliphatic carboxylic acids is 1. The van der Waals surface area contributed by atoms with E-state index in [0.29, 0.717) is 5.56 Å². The van der Waals surface area contributed by atoms with Crippen LogP contribution in [0.2, 0.25) is 0 Å². The number of aromatic nitrogens is 1. The van der Waals surface area contributed by atoms with Crippen molar-refractivity contribution in [3.8, 4) is 0 Å². The molecule has 1 saturated heterocycles. The zero-order chi connectivity index (χ0) is 74.0. The number of carbonyl (C=O) groups excluding carboxylic acids is 16. The fraction of sp³-hybridized carbons (Fsp3) is 0.537. The molecule has 99 heavy (non-hydrogen) atoms. The fourth-order valence-electron chi connectivity index (χ4n) is 10.9. The van der Waals surface area contributed by atoms with E-state index >= 15 is 0 Å². The average Bonchev–Trinajstić information content (AvgIpc) is 1.74. The number of ketones is 6. The molecule has 32 nitrogen and oxygen atoms in total. The minimum absolute atomic E-state index is 0.0233. The number of cyclic esters (lactones) is 1. The van der Waals surface area contributed by atoms with E-state index in [-0.39, 0.29) is 55.7 Å². The van der Waals surface area contributed by atoms with Crippen LogP contribution < -0.4 is 59.7 Å². The molecule has 12 atom stereocenters. The SMILES string of the molecule is CCC(=O)CC(Cc1c[nH]c2ccccc12)C(=O)NC(CC(N)=O)C(=O)CC(CC(=O)O)C(=O)CC1C(=O)NCC(=O)NC(CCCN)C(=O)CC(C)C(=O)NC(C)C(=O)NC(C)C(=O)NCC(=O)NC(CO)C(=O)CC(C(C)C)C(=O)NC(CC(=O)c2ccccc2N)C(=O)OC1C. The smallest absolute Gasteiger partial charge is 0.329 e. The van der Waals surface area contributed by atoms with E-state index in [0.717, 1.165) is 17.8 Å². The standard InChI is InChI=1S/C67H92N12O20/c1-8-41(81)22-39(21-40-29-71-47-17-12-10-14-42(40)47)64(95)78-49(28-57(70)87)55(85)23-38(24-60(90)91)52(82)26-45-37(7)99-67(98)50(27-53(83)43-15-9-11-16-46(43)69)79-66(97)44(33(2)3)25-56(86)51(32-80)77-59(89)30-72-62(93)35(5)75-63(94)36(6)74-61(92)34(4)20-54(84)48(18-13-19-68)76-58(88)31-73-65(45)96/h9-12,14-17,29,33-39,44-45,48-51,71,80H,8,13,18-28,30-32,68-69H2,1-7H3,(H2,70,87)(H,72,93)(H,73,96)(H,74,92)(H,75,94)(H,76,88)(H,77,89)(H,78,95)(H,79,97)(H,90,91). The molecule has 0 saturated carbocycles. The van der Waals surface area contributed by atoms with Gasteiger partial charge in [-0.05, 0) is 76.3 Å². The maximum absolute atomic E-state index is 14.7. The molecule has 0 aliphatic carbocycles. The number of H-pyrrole nitrogens is 1. The second kappa shape index (κ2) is 39.3. The van der Waals surface area contributed by atoms with E-state index in [1.807, 2.05) is 0 Å². The van der Waals surface area contributed by atoms with Gasteiger partial charge in [-0.15, -0.1) is 0 Å². The molecule has 0 spiro atoms. The molecule has 12 unspecified atom stereocenters. The number of carbonyl (C=O) groups is 17. The lowest BCUT2D eigenvalue weighted by Crippen LogP contribution is -2.54. The fourth-order valence-corrected chi connectivity index (χ4v) is 10.9. The van der Waals surface area contributed by atoms with Crippen molar-refractivity contribution in [1.82, 2.24) is 47.5 Å². The van der Waals surface area contributed by atoms with Crippen molar-refractivity contribution in [2.75, 3.05) is 32.0 Å². The summed E-state index contributed by atoms with van der Waals surface area (Å²) in [6.45, 7) is 6.81. The number of benzene rings is 2. The number of aliphatic hydroxyl groups is 1. The third kappa shape index (κ3) is 25.7. The van der Waals surface area contributed by atoms with E-state index in [1.54, 1.807) is 37.4 Å². The van der Waals surface area contributed by atoms with E-state index in [9.17, 15) is 91.7 Å². The zero-order valence-corrected chi connectivity index (χ0v) is 56.5. The summed E-state index contributed by atoms with van der Waals surface area (Å²) in [6.07, 6.45) is -6.71. The highest BCUT2D eigenvalue weighted by molar-refractivity contribution is 6.04. The number of primary amides is 1. The van der Waals surface area contributed by atoms with Crippen LogP contribution in [0.3, 0.4) is 0 Å². The van der Waals surface area contributed by atoms with Gasteiger partial charge < -0.3 is 79.7 Å². The number of amides is 9. The number of esters is 1. The zero-order valence-electron chi connectivity index (χ0n) is 56.5. The molecule has 4 rings (SSSR count). The van der Waals surface area contributed by atoms with E-state index in [2.05, 4.69) is 47.5 Å². The number of anilines is 1. The number of aromatic amines is 1. The van der Waals surface area contributed by atoms with Crippen LogP contribution in [0.25, 0.3) is 10.9 Å². The molecule has 2 aromatic carbocycles. The molecule has 1 aliphatic heterocycles. The molecule has 1 fully saturated rings. The Labute approximate surface area is 571 Å². The van der Waals surface area contributed by atoms with E-state index in [4.69, 9.17) is 21.9 Å². The number of nitrogens with one attached hydrogen (secondary N) is 9. The van der Waals surface area contributed by atoms with Crippen molar-refractivity contribution in [2.24, 2.45) is 47.0 Å². The van der Waals surface area contributed by atoms with Crippen LogP contribution in [0, 0.1) is 35.5 Å². The summed E-state index contributed by atoms with van der Waals surface area (Å²) in [7, 11) is 0. The van der Waals surface area contributed by atoms with Crippen molar-refractivity contribution in [3.05, 3.63) is 65.9 Å². The normalized spacial score (nSPS) is 22.8. The summed E-state index contributed by atoms with van der Waals surface area (Å²) in [5.74, 6) is -25.3. The Morgan fingerprint density at radius 1 is 0.667 bits per heavy atom. The molecule has 0 radical (unpaired) electrons. The van der Waals surface area contributed by atoms with Gasteiger partial charge in [-0.25, -0.2) is 4.79 Å². The third-order valence-corrected chi connectivity index (χ3v) is 16.9. The number of ether oxygens (including phenoxy) is 1. The van der Waals surface area contributed by atoms with Crippen LogP contribution in [0.15, 0.2) is 54.7 Å². The summed E-state index contributed by atoms with van der Waals surface area (Å²) < 4.78 is 5.82. The van der Waals surface area contributed by atoms with Crippen LogP contribution in [-0.4, -0.2) is 184 Å². The van der Waals surface area contributed by atoms with Crippen LogP contribution in [-0.2, 0) is 87.9 Å². The Morgan fingerprint density at radius 3 is 1.89 bits per heavy atom. The van der Waals surface area contributed by atoms with Gasteiger partial charge in [0.15, 0.2) is 23.1 Å². The van der Waals surface area contributed by atoms with Crippen LogP contribution in [0.5, 0.6) is 0 Å². The third-order valence-electron chi connectivity index (χ3n) is 16.9. The molecular weight excluding hydrogens is 1290 g/mol. The predicted molar refractivity (Wildman–Crippen MR) is 354 cm³/mol. The molecule has 9 amide bonds. The first-order valence-electron chi connectivity index (χ1n) is 32.6. The van der Waals surface area contributed by atoms with Gasteiger partial charge in [0.25, 0.3) is 0 Å². The number of hydrogen-bond donors (Lipinski definition) is 14. The topological polar surface area (TPSA) is 530 Å². The Kier molecular flexibility index (Phi) is 32.3. The number of para-hydroxylation sites is 2. The lowest BCUT2D eigenvalue weighted by molar-refractivity contribution is -0.158. The highest BCUT2D eigenvalue weighted by atomic mass is 16.5. The number of rotatable bonds is 25. The van der Waals surface area contributed by atoms with Crippen molar-refractivity contribution in [3.63, 3.8) is 0 Å². The maximum atomic E-state index is 14.7. The van der Waals surface area contributed by atoms with Crippen LogP contribution >= 0.6 is 0 Å². The molecule has 2 heterocycles. The van der Waals surface area contributed by atoms with Gasteiger partial charge in [-0.2, -0.15) is 0 Å². The van der Waals surface area contributed by atoms with Crippen molar-refractivity contribution in [2.45, 2.75) is 168 Å². The molecule has 3 aromatic rings. The highest BCUT2D eigenvalue weighted by Crippen LogP contribution is 2.27. The van der Waals surface area contributed by atoms with Gasteiger partial charge in [-0.3, -0.25) is 76.7 Å². The molecule has 32 heteroatoms. The summed E-state index contributed by atoms with van der Waals surface area (Å²) in [6, 6.07) is 3.30. The molecule has 1 aromatic heterocycles. The highest BCUT2D eigenvalue weighted by Gasteiger charge is 2.40. The van der Waals surface area contributed by atoms with E-state index < -0.39 is 237 Å². The number of aliphatic hydroxyl groups excluding tert-OH is 1. The maximum Gasteiger partial charge on any atom is 0.329 e. The number of fused-ring (bicyclic) bond motifs is 1. The average molecular weight is 1390 g/mol. The molecule has 17 N–H and O–H groups in total. The predicted octanol–water partition coefficient (Wildman–Crippen LogP) is -1.26. The number of Topliss-reactive ketones (excluding diaryl/α,β-unsaturated/α-hetero) is 6. The molecule has 0 bridgehead atoms. The molecular formula is C67H92N12O20. The monoisotopic (exact) mass is 1380 g/mol. The Balaban J connectivity index is 1.80.